The number of aliphatic hydroxyl groups is 1. The summed E-state index contributed by atoms with van der Waals surface area (Å²) >= 11 is 0. The first kappa shape index (κ1) is 27.7. The Morgan fingerprint density at radius 1 is 1.41 bits per heavy atom. The zero-order chi connectivity index (χ0) is 26.6. The standard InChI is InChI=1S/C26H41N5O5Si/c1-17-24(35-2)21-14-19(28-26(33)18-6-5-11-27-15-18)7-8-22(21)36-25(17)23(37(3,4)34)9-12-31-16-20(10-13-32)29-30-31/h7-8,14,16-18,23-25,27,32,34H,5-6,9-13,15H2,1-4H3,(H,28,33)/t17-,18?,23?,24-,25-/m0/s1. The number of piperidine rings is 1. The molecular formula is C26H41N5O5Si. The van der Waals surface area contributed by atoms with Crippen LogP contribution < -0.4 is 15.4 Å². The van der Waals surface area contributed by atoms with Gasteiger partial charge in [0, 0.05) is 62.1 Å². The summed E-state index contributed by atoms with van der Waals surface area (Å²) in [6, 6.07) is 5.73. The number of hydrogen-bond donors (Lipinski definition) is 4. The average molecular weight is 532 g/mol. The fourth-order valence-electron chi connectivity index (χ4n) is 5.64. The van der Waals surface area contributed by atoms with E-state index in [-0.39, 0.29) is 42.1 Å². The number of nitrogens with one attached hydrogen (secondary N) is 2. The number of hydrogen-bond acceptors (Lipinski definition) is 8. The lowest BCUT2D eigenvalue weighted by molar-refractivity contribution is -0.120. The van der Waals surface area contributed by atoms with E-state index in [0.29, 0.717) is 25.9 Å². The molecule has 0 spiro atoms. The van der Waals surface area contributed by atoms with Gasteiger partial charge in [-0.2, -0.15) is 0 Å². The number of amides is 1. The van der Waals surface area contributed by atoms with E-state index in [4.69, 9.17) is 14.6 Å². The number of ether oxygens (including phenoxy) is 2. The highest BCUT2D eigenvalue weighted by Crippen LogP contribution is 2.47. The molecule has 1 saturated heterocycles. The number of aromatic nitrogens is 3. The fraction of sp³-hybridized carbons (Fsp3) is 0.654. The van der Waals surface area contributed by atoms with Crippen LogP contribution in [0.1, 0.15) is 43.5 Å². The lowest BCUT2D eigenvalue weighted by Crippen LogP contribution is -2.48. The van der Waals surface area contributed by atoms with E-state index >= 15 is 0 Å². The summed E-state index contributed by atoms with van der Waals surface area (Å²) in [5.41, 5.74) is 2.32. The smallest absolute Gasteiger partial charge is 0.228 e. The number of nitrogens with zero attached hydrogens (tertiary/aromatic N) is 3. The third-order valence-corrected chi connectivity index (χ3v) is 10.1. The number of anilines is 1. The van der Waals surface area contributed by atoms with Crippen molar-refractivity contribution >= 4 is 19.9 Å². The molecule has 2 aliphatic heterocycles. The van der Waals surface area contributed by atoms with Gasteiger partial charge in [-0.3, -0.25) is 9.48 Å². The molecule has 0 bridgehead atoms. The topological polar surface area (TPSA) is 131 Å². The molecule has 37 heavy (non-hydrogen) atoms. The highest BCUT2D eigenvalue weighted by Gasteiger charge is 2.46. The van der Waals surface area contributed by atoms with Crippen molar-refractivity contribution in [1.82, 2.24) is 20.3 Å². The van der Waals surface area contributed by atoms with Gasteiger partial charge in [0.2, 0.25) is 5.91 Å². The summed E-state index contributed by atoms with van der Waals surface area (Å²) in [5, 5.41) is 23.8. The first-order chi connectivity index (χ1) is 17.7. The second-order valence-electron chi connectivity index (χ2n) is 10.9. The van der Waals surface area contributed by atoms with E-state index in [1.807, 2.05) is 37.5 Å². The maximum Gasteiger partial charge on any atom is 0.228 e. The molecule has 1 aromatic heterocycles. The van der Waals surface area contributed by atoms with Crippen molar-refractivity contribution in [2.75, 3.05) is 32.1 Å². The van der Waals surface area contributed by atoms with Gasteiger partial charge in [-0.05, 0) is 57.1 Å². The maximum absolute atomic E-state index is 12.8. The van der Waals surface area contributed by atoms with Crippen molar-refractivity contribution in [2.24, 2.45) is 11.8 Å². The molecule has 11 heteroatoms. The van der Waals surface area contributed by atoms with Crippen LogP contribution in [0.5, 0.6) is 5.75 Å². The largest absolute Gasteiger partial charge is 0.490 e. The van der Waals surface area contributed by atoms with Gasteiger partial charge in [-0.25, -0.2) is 0 Å². The molecule has 5 atom stereocenters. The van der Waals surface area contributed by atoms with Crippen LogP contribution >= 0.6 is 0 Å². The first-order valence-corrected chi connectivity index (χ1v) is 16.3. The van der Waals surface area contributed by atoms with Gasteiger partial charge < -0.3 is 30.0 Å². The van der Waals surface area contributed by atoms with Crippen molar-refractivity contribution in [3.63, 3.8) is 0 Å². The highest BCUT2D eigenvalue weighted by molar-refractivity contribution is 6.71. The molecule has 1 amide bonds. The zero-order valence-corrected chi connectivity index (χ0v) is 23.3. The van der Waals surface area contributed by atoms with E-state index in [1.54, 1.807) is 11.8 Å². The summed E-state index contributed by atoms with van der Waals surface area (Å²) in [5.74, 6) is 0.717. The number of fused-ring (bicyclic) bond motifs is 1. The molecule has 0 saturated carbocycles. The summed E-state index contributed by atoms with van der Waals surface area (Å²) in [7, 11) is -0.943. The van der Waals surface area contributed by atoms with E-state index in [2.05, 4.69) is 27.9 Å². The number of methoxy groups -OCH3 is 1. The van der Waals surface area contributed by atoms with Crippen LogP contribution in [0.2, 0.25) is 18.6 Å². The molecule has 1 fully saturated rings. The SMILES string of the molecule is CO[C@@H]1c2cc(NC(=O)C3CCCNC3)ccc2O[C@H](C(CCn2cc(CCO)nn2)[Si](C)(C)O)[C@H]1C. The third-order valence-electron chi connectivity index (χ3n) is 7.69. The molecule has 2 unspecified atom stereocenters. The maximum atomic E-state index is 12.8. The van der Waals surface area contributed by atoms with E-state index in [0.717, 1.165) is 42.1 Å². The normalized spacial score (nSPS) is 24.7. The molecule has 4 rings (SSSR count). The number of carbonyl (C=O) groups is 1. The molecule has 2 aromatic rings. The van der Waals surface area contributed by atoms with Gasteiger partial charge in [-0.15, -0.1) is 5.10 Å². The molecule has 4 N–H and O–H groups in total. The Labute approximate surface area is 219 Å². The molecule has 0 aliphatic carbocycles. The van der Waals surface area contributed by atoms with Gasteiger partial charge in [0.25, 0.3) is 0 Å². The van der Waals surface area contributed by atoms with Crippen molar-refractivity contribution in [2.45, 2.75) is 70.0 Å². The van der Waals surface area contributed by atoms with Crippen molar-refractivity contribution in [1.29, 1.82) is 0 Å². The van der Waals surface area contributed by atoms with Crippen molar-refractivity contribution < 1.29 is 24.2 Å². The van der Waals surface area contributed by atoms with Gasteiger partial charge in [-0.1, -0.05) is 12.1 Å². The molecular weight excluding hydrogens is 490 g/mol. The lowest BCUT2D eigenvalue weighted by atomic mass is 9.86. The number of carbonyl (C=O) groups excluding carboxylic acids is 1. The minimum Gasteiger partial charge on any atom is -0.490 e. The predicted octanol–water partition coefficient (Wildman–Crippen LogP) is 2.49. The Hall–Kier alpha value is -2.31. The van der Waals surface area contributed by atoms with Crippen molar-refractivity contribution in [3.05, 3.63) is 35.7 Å². The minimum absolute atomic E-state index is 0.0179. The Bertz CT molecular complexity index is 1050. The molecule has 1 aromatic carbocycles. The van der Waals surface area contributed by atoms with E-state index in [1.165, 1.54) is 0 Å². The molecule has 204 valence electrons. The highest BCUT2D eigenvalue weighted by atomic mass is 28.4. The van der Waals surface area contributed by atoms with E-state index < -0.39 is 8.32 Å². The Morgan fingerprint density at radius 2 is 2.22 bits per heavy atom. The van der Waals surface area contributed by atoms with Crippen LogP contribution in [0.3, 0.4) is 0 Å². The number of benzene rings is 1. The third kappa shape index (κ3) is 6.58. The quantitative estimate of drug-likeness (QED) is 0.344. The molecule has 0 radical (unpaired) electrons. The van der Waals surface area contributed by atoms with Crippen LogP contribution in [-0.4, -0.2) is 72.0 Å². The minimum atomic E-state index is -2.64. The van der Waals surface area contributed by atoms with Crippen LogP contribution in [-0.2, 0) is 22.5 Å². The second kappa shape index (κ2) is 12.0. The number of aliphatic hydroxyl groups excluding tert-OH is 1. The van der Waals surface area contributed by atoms with Gasteiger partial charge >= 0.3 is 0 Å². The molecule has 3 heterocycles. The average Bonchev–Trinajstić information content (AvgIpc) is 3.32. The fourth-order valence-corrected chi connectivity index (χ4v) is 7.65. The Morgan fingerprint density at radius 3 is 2.89 bits per heavy atom. The monoisotopic (exact) mass is 531 g/mol. The van der Waals surface area contributed by atoms with Crippen LogP contribution in [0.25, 0.3) is 0 Å². The summed E-state index contributed by atoms with van der Waals surface area (Å²) in [6.45, 7) is 8.30. The van der Waals surface area contributed by atoms with Gasteiger partial charge in [0.05, 0.1) is 17.7 Å². The van der Waals surface area contributed by atoms with Gasteiger partial charge in [0.1, 0.15) is 11.9 Å². The Kier molecular flexibility index (Phi) is 9.01. The summed E-state index contributed by atoms with van der Waals surface area (Å²) in [4.78, 5) is 24.0. The zero-order valence-electron chi connectivity index (χ0n) is 22.3. The summed E-state index contributed by atoms with van der Waals surface area (Å²) in [6.07, 6.45) is 4.43. The van der Waals surface area contributed by atoms with E-state index in [9.17, 15) is 9.59 Å². The summed E-state index contributed by atoms with van der Waals surface area (Å²) < 4.78 is 14.3. The van der Waals surface area contributed by atoms with Crippen LogP contribution in [0, 0.1) is 11.8 Å². The van der Waals surface area contributed by atoms with Crippen molar-refractivity contribution in [3.8, 4) is 5.75 Å². The predicted molar refractivity (Wildman–Crippen MR) is 143 cm³/mol. The Balaban J connectivity index is 1.51. The number of aryl methyl sites for hydroxylation is 1. The van der Waals surface area contributed by atoms with Gasteiger partial charge in [0.15, 0.2) is 8.32 Å². The first-order valence-electron chi connectivity index (χ1n) is 13.3. The molecule has 2 aliphatic rings. The van der Waals surface area contributed by atoms with Crippen LogP contribution in [0.4, 0.5) is 5.69 Å². The molecule has 10 nitrogen and oxygen atoms in total. The lowest BCUT2D eigenvalue weighted by Gasteiger charge is -2.44. The van der Waals surface area contributed by atoms with Crippen LogP contribution in [0.15, 0.2) is 24.4 Å². The number of rotatable bonds is 10. The second-order valence-corrected chi connectivity index (χ2v) is 14.9.